The van der Waals surface area contributed by atoms with Crippen LogP contribution in [0.1, 0.15) is 39.5 Å². The van der Waals surface area contributed by atoms with Crippen molar-refractivity contribution in [2.45, 2.75) is 45.6 Å². The highest BCUT2D eigenvalue weighted by Gasteiger charge is 2.27. The summed E-state index contributed by atoms with van der Waals surface area (Å²) in [4.78, 5) is 6.98. The van der Waals surface area contributed by atoms with Crippen LogP contribution in [0.15, 0.2) is 18.3 Å². The quantitative estimate of drug-likeness (QED) is 0.741. The van der Waals surface area contributed by atoms with Crippen molar-refractivity contribution in [1.29, 1.82) is 0 Å². The fourth-order valence-corrected chi connectivity index (χ4v) is 2.69. The Morgan fingerprint density at radius 2 is 2.30 bits per heavy atom. The van der Waals surface area contributed by atoms with Crippen LogP contribution in [0, 0.1) is 0 Å². The molecular weight excluding hydrogens is 250 g/mol. The molecule has 1 aromatic rings. The summed E-state index contributed by atoms with van der Waals surface area (Å²) in [6.45, 7) is 8.30. The van der Waals surface area contributed by atoms with Crippen LogP contribution in [0.2, 0.25) is 0 Å². The molecule has 4 nitrogen and oxygen atoms in total. The van der Waals surface area contributed by atoms with Gasteiger partial charge in [-0.3, -0.25) is 0 Å². The first-order valence-electron chi connectivity index (χ1n) is 7.92. The van der Waals surface area contributed by atoms with Gasteiger partial charge in [0.05, 0.1) is 6.61 Å². The lowest BCUT2D eigenvalue weighted by molar-refractivity contribution is 0.316. The van der Waals surface area contributed by atoms with Crippen molar-refractivity contribution in [2.24, 2.45) is 0 Å². The van der Waals surface area contributed by atoms with E-state index < -0.39 is 0 Å². The van der Waals surface area contributed by atoms with Gasteiger partial charge in [-0.1, -0.05) is 13.8 Å². The van der Waals surface area contributed by atoms with Crippen LogP contribution in [0.4, 0.5) is 5.82 Å². The molecule has 0 radical (unpaired) electrons. The van der Waals surface area contributed by atoms with Gasteiger partial charge in [0.2, 0.25) is 0 Å². The Balaban J connectivity index is 2.04. The third-order valence-corrected chi connectivity index (χ3v) is 3.67. The number of nitrogens with zero attached hydrogens (tertiary/aromatic N) is 2. The molecule has 1 N–H and O–H groups in total. The van der Waals surface area contributed by atoms with E-state index in [1.165, 1.54) is 19.3 Å². The number of hydrogen-bond donors (Lipinski definition) is 1. The van der Waals surface area contributed by atoms with Gasteiger partial charge >= 0.3 is 0 Å². The maximum atomic E-state index is 5.85. The summed E-state index contributed by atoms with van der Waals surface area (Å²) in [6, 6.07) is 4.53. The first-order chi connectivity index (χ1) is 9.86. The standard InChI is InChI=1S/C16H27N3O/c1-3-9-17-13-14-7-6-11-19(14)16-15(20-12-4-2)8-5-10-18-16/h5,8,10,14,17H,3-4,6-7,9,11-13H2,1-2H3. The zero-order valence-corrected chi connectivity index (χ0v) is 12.8. The van der Waals surface area contributed by atoms with Gasteiger partial charge in [-0.05, 0) is 44.4 Å². The van der Waals surface area contributed by atoms with E-state index in [0.717, 1.165) is 44.2 Å². The van der Waals surface area contributed by atoms with Gasteiger partial charge in [0.1, 0.15) is 0 Å². The highest BCUT2D eigenvalue weighted by Crippen LogP contribution is 2.31. The fraction of sp³-hybridized carbons (Fsp3) is 0.688. The molecule has 0 amide bonds. The minimum Gasteiger partial charge on any atom is -0.490 e. The maximum absolute atomic E-state index is 5.85. The molecule has 0 saturated carbocycles. The number of rotatable bonds is 8. The predicted molar refractivity (Wildman–Crippen MR) is 83.6 cm³/mol. The molecule has 1 aliphatic rings. The fourth-order valence-electron chi connectivity index (χ4n) is 2.69. The number of aromatic nitrogens is 1. The molecule has 1 aliphatic heterocycles. The summed E-state index contributed by atoms with van der Waals surface area (Å²) >= 11 is 0. The third-order valence-electron chi connectivity index (χ3n) is 3.67. The Hall–Kier alpha value is -1.29. The van der Waals surface area contributed by atoms with Crippen LogP contribution in [-0.4, -0.2) is 37.3 Å². The van der Waals surface area contributed by atoms with Crippen molar-refractivity contribution in [3.8, 4) is 5.75 Å². The summed E-state index contributed by atoms with van der Waals surface area (Å²) in [5.74, 6) is 1.94. The lowest BCUT2D eigenvalue weighted by Gasteiger charge is -2.27. The summed E-state index contributed by atoms with van der Waals surface area (Å²) in [7, 11) is 0. The Bertz CT molecular complexity index is 397. The van der Waals surface area contributed by atoms with Crippen LogP contribution in [0.3, 0.4) is 0 Å². The Morgan fingerprint density at radius 3 is 3.10 bits per heavy atom. The molecule has 1 saturated heterocycles. The molecule has 112 valence electrons. The average Bonchev–Trinajstić information content (AvgIpc) is 2.94. The number of ether oxygens (including phenoxy) is 1. The lowest BCUT2D eigenvalue weighted by Crippen LogP contribution is -2.38. The molecule has 4 heteroatoms. The SMILES string of the molecule is CCCNCC1CCCN1c1ncccc1OCCC. The zero-order valence-electron chi connectivity index (χ0n) is 12.8. The van der Waals surface area contributed by atoms with Crippen LogP contribution >= 0.6 is 0 Å². The van der Waals surface area contributed by atoms with E-state index in [0.29, 0.717) is 6.04 Å². The van der Waals surface area contributed by atoms with E-state index in [1.807, 2.05) is 18.3 Å². The zero-order chi connectivity index (χ0) is 14.2. The van der Waals surface area contributed by atoms with E-state index >= 15 is 0 Å². The molecular formula is C16H27N3O. The number of anilines is 1. The largest absolute Gasteiger partial charge is 0.490 e. The second-order valence-corrected chi connectivity index (χ2v) is 5.37. The monoisotopic (exact) mass is 277 g/mol. The Morgan fingerprint density at radius 1 is 1.40 bits per heavy atom. The Kier molecular flexibility index (Phi) is 6.12. The highest BCUT2D eigenvalue weighted by molar-refractivity contribution is 5.53. The molecule has 0 aromatic carbocycles. The minimum absolute atomic E-state index is 0.542. The molecule has 0 aliphatic carbocycles. The van der Waals surface area contributed by atoms with Crippen LogP contribution < -0.4 is 15.0 Å². The predicted octanol–water partition coefficient (Wildman–Crippen LogP) is 2.84. The van der Waals surface area contributed by atoms with Crippen LogP contribution in [-0.2, 0) is 0 Å². The number of nitrogens with one attached hydrogen (secondary N) is 1. The highest BCUT2D eigenvalue weighted by atomic mass is 16.5. The van der Waals surface area contributed by atoms with E-state index in [9.17, 15) is 0 Å². The first-order valence-corrected chi connectivity index (χ1v) is 7.92. The molecule has 1 atom stereocenters. The normalized spacial score (nSPS) is 18.5. The van der Waals surface area contributed by atoms with Gasteiger partial charge in [-0.2, -0.15) is 0 Å². The van der Waals surface area contributed by atoms with E-state index in [-0.39, 0.29) is 0 Å². The second-order valence-electron chi connectivity index (χ2n) is 5.37. The van der Waals surface area contributed by atoms with E-state index in [1.54, 1.807) is 0 Å². The van der Waals surface area contributed by atoms with Crippen molar-refractivity contribution >= 4 is 5.82 Å². The summed E-state index contributed by atoms with van der Waals surface area (Å²) < 4.78 is 5.85. The van der Waals surface area contributed by atoms with Crippen LogP contribution in [0.5, 0.6) is 5.75 Å². The second kappa shape index (κ2) is 8.10. The average molecular weight is 277 g/mol. The van der Waals surface area contributed by atoms with Gasteiger partial charge in [0.15, 0.2) is 11.6 Å². The van der Waals surface area contributed by atoms with Crippen molar-refractivity contribution in [3.05, 3.63) is 18.3 Å². The lowest BCUT2D eigenvalue weighted by atomic mass is 10.2. The van der Waals surface area contributed by atoms with E-state index in [4.69, 9.17) is 4.74 Å². The molecule has 0 bridgehead atoms. The topological polar surface area (TPSA) is 37.4 Å². The molecule has 2 rings (SSSR count). The molecule has 2 heterocycles. The molecule has 1 aromatic heterocycles. The number of hydrogen-bond acceptors (Lipinski definition) is 4. The first kappa shape index (κ1) is 15.1. The van der Waals surface area contributed by atoms with Gasteiger partial charge in [-0.15, -0.1) is 0 Å². The van der Waals surface area contributed by atoms with Gasteiger partial charge in [0.25, 0.3) is 0 Å². The summed E-state index contributed by atoms with van der Waals surface area (Å²) in [5, 5.41) is 3.53. The van der Waals surface area contributed by atoms with Gasteiger partial charge < -0.3 is 15.0 Å². The smallest absolute Gasteiger partial charge is 0.171 e. The van der Waals surface area contributed by atoms with Crippen molar-refractivity contribution < 1.29 is 4.74 Å². The third kappa shape index (κ3) is 3.85. The molecule has 1 unspecified atom stereocenters. The maximum Gasteiger partial charge on any atom is 0.171 e. The van der Waals surface area contributed by atoms with Gasteiger partial charge in [0, 0.05) is 25.3 Å². The number of pyridine rings is 1. The van der Waals surface area contributed by atoms with Crippen molar-refractivity contribution in [3.63, 3.8) is 0 Å². The van der Waals surface area contributed by atoms with Crippen molar-refractivity contribution in [1.82, 2.24) is 10.3 Å². The molecule has 1 fully saturated rings. The summed E-state index contributed by atoms with van der Waals surface area (Å²) in [5.41, 5.74) is 0. The van der Waals surface area contributed by atoms with E-state index in [2.05, 4.69) is 29.0 Å². The molecule has 0 spiro atoms. The minimum atomic E-state index is 0.542. The van der Waals surface area contributed by atoms with Gasteiger partial charge in [-0.25, -0.2) is 4.98 Å². The Labute approximate surface area is 122 Å². The van der Waals surface area contributed by atoms with Crippen LogP contribution in [0.25, 0.3) is 0 Å². The summed E-state index contributed by atoms with van der Waals surface area (Å²) in [6.07, 6.45) is 6.54. The molecule has 20 heavy (non-hydrogen) atoms. The van der Waals surface area contributed by atoms with Crippen molar-refractivity contribution in [2.75, 3.05) is 31.1 Å².